The van der Waals surface area contributed by atoms with Crippen molar-refractivity contribution in [2.45, 2.75) is 27.7 Å². The van der Waals surface area contributed by atoms with Crippen molar-refractivity contribution < 1.29 is 9.59 Å². The number of rotatable bonds is 6. The van der Waals surface area contributed by atoms with E-state index in [4.69, 9.17) is 0 Å². The molecule has 0 saturated heterocycles. The second-order valence-electron chi connectivity index (χ2n) is 7.84. The third kappa shape index (κ3) is 5.38. The number of anilines is 1. The van der Waals surface area contributed by atoms with Gasteiger partial charge in [-0.25, -0.2) is 4.99 Å². The number of hydrogen-bond donors (Lipinski definition) is 1. The third-order valence-electron chi connectivity index (χ3n) is 4.48. The molecule has 0 unspecified atom stereocenters. The van der Waals surface area contributed by atoms with Crippen LogP contribution in [0.1, 0.15) is 30.5 Å². The molecule has 7 nitrogen and oxygen atoms in total. The number of thioether (sulfide) groups is 1. The largest absolute Gasteiger partial charge is 0.325 e. The van der Waals surface area contributed by atoms with Gasteiger partial charge in [0.25, 0.3) is 5.91 Å². The van der Waals surface area contributed by atoms with Crippen LogP contribution in [0.4, 0.5) is 5.69 Å². The Morgan fingerprint density at radius 3 is 2.70 bits per heavy atom. The van der Waals surface area contributed by atoms with E-state index in [0.29, 0.717) is 17.4 Å². The first-order valence-electron chi connectivity index (χ1n) is 9.83. The Balaban J connectivity index is 1.72. The van der Waals surface area contributed by atoms with Crippen molar-refractivity contribution in [2.75, 3.05) is 17.6 Å². The zero-order chi connectivity index (χ0) is 21.8. The maximum absolute atomic E-state index is 12.9. The Bertz CT molecular complexity index is 1020. The predicted molar refractivity (Wildman–Crippen MR) is 122 cm³/mol. The molecule has 0 saturated carbocycles. The Morgan fingerprint density at radius 1 is 1.30 bits per heavy atom. The molecule has 1 aromatic heterocycles. The number of aromatic nitrogens is 2. The number of aryl methyl sites for hydroxylation is 3. The summed E-state index contributed by atoms with van der Waals surface area (Å²) < 4.78 is 1.68. The summed E-state index contributed by atoms with van der Waals surface area (Å²) in [6.07, 6.45) is 5.24. The number of hydrogen-bond acceptors (Lipinski definition) is 5. The minimum absolute atomic E-state index is 0.128. The number of aliphatic imine (C=N–C) groups is 1. The maximum Gasteiger partial charge on any atom is 0.278 e. The lowest BCUT2D eigenvalue weighted by Gasteiger charge is -2.19. The van der Waals surface area contributed by atoms with Crippen molar-refractivity contribution in [3.63, 3.8) is 0 Å². The quantitative estimate of drug-likeness (QED) is 0.717. The standard InChI is InChI=1S/C22H27N5O2S/c1-14(2)11-27-21(29)19(9-17-10-23-26(5)12-17)25-22(27)30-13-20(28)24-18-7-6-15(3)8-16(18)4/h6-10,12,14H,11,13H2,1-5H3,(H,24,28). The molecule has 2 heterocycles. The van der Waals surface area contributed by atoms with Crippen LogP contribution >= 0.6 is 11.8 Å². The van der Waals surface area contributed by atoms with Gasteiger partial charge in [0.05, 0.1) is 11.9 Å². The fourth-order valence-corrected chi connectivity index (χ4v) is 3.92. The molecule has 158 valence electrons. The highest BCUT2D eigenvalue weighted by atomic mass is 32.2. The van der Waals surface area contributed by atoms with Gasteiger partial charge in [-0.05, 0) is 37.5 Å². The third-order valence-corrected chi connectivity index (χ3v) is 5.45. The average Bonchev–Trinajstić information content (AvgIpc) is 3.20. The van der Waals surface area contributed by atoms with Gasteiger partial charge >= 0.3 is 0 Å². The van der Waals surface area contributed by atoms with E-state index >= 15 is 0 Å². The fourth-order valence-electron chi connectivity index (χ4n) is 3.11. The van der Waals surface area contributed by atoms with Crippen molar-refractivity contribution in [3.8, 4) is 0 Å². The number of amides is 2. The van der Waals surface area contributed by atoms with E-state index in [1.54, 1.807) is 21.9 Å². The van der Waals surface area contributed by atoms with Crippen molar-refractivity contribution in [2.24, 2.45) is 18.0 Å². The van der Waals surface area contributed by atoms with Gasteiger partial charge in [-0.2, -0.15) is 5.10 Å². The van der Waals surface area contributed by atoms with E-state index in [2.05, 4.69) is 15.4 Å². The SMILES string of the molecule is Cc1ccc(NC(=O)CSC2=NC(=Cc3cnn(C)c3)C(=O)N2CC(C)C)c(C)c1. The molecule has 0 spiro atoms. The normalized spacial score (nSPS) is 15.3. The molecular formula is C22H27N5O2S. The molecule has 1 N–H and O–H groups in total. The molecule has 2 aromatic rings. The molecule has 0 fully saturated rings. The number of nitrogens with one attached hydrogen (secondary N) is 1. The lowest BCUT2D eigenvalue weighted by Crippen LogP contribution is -2.34. The molecular weight excluding hydrogens is 398 g/mol. The highest BCUT2D eigenvalue weighted by molar-refractivity contribution is 8.14. The molecule has 2 amide bonds. The Kier molecular flexibility index (Phi) is 6.77. The highest BCUT2D eigenvalue weighted by Crippen LogP contribution is 2.25. The summed E-state index contributed by atoms with van der Waals surface area (Å²) in [5.74, 6) is 0.177. The first-order chi connectivity index (χ1) is 14.2. The zero-order valence-corrected chi connectivity index (χ0v) is 18.8. The molecule has 1 aromatic carbocycles. The molecule has 1 aliphatic rings. The maximum atomic E-state index is 12.9. The van der Waals surface area contributed by atoms with Gasteiger partial charge in [0.2, 0.25) is 5.91 Å². The minimum Gasteiger partial charge on any atom is -0.325 e. The van der Waals surface area contributed by atoms with Crippen LogP contribution in [-0.4, -0.2) is 44.0 Å². The summed E-state index contributed by atoms with van der Waals surface area (Å²) in [4.78, 5) is 31.5. The summed E-state index contributed by atoms with van der Waals surface area (Å²) in [6, 6.07) is 5.90. The monoisotopic (exact) mass is 425 g/mol. The Labute approximate surface area is 181 Å². The van der Waals surface area contributed by atoms with E-state index in [0.717, 1.165) is 22.4 Å². The van der Waals surface area contributed by atoms with Crippen LogP contribution in [0.5, 0.6) is 0 Å². The van der Waals surface area contributed by atoms with E-state index in [1.807, 2.05) is 59.1 Å². The van der Waals surface area contributed by atoms with Crippen LogP contribution in [0.25, 0.3) is 6.08 Å². The first-order valence-corrected chi connectivity index (χ1v) is 10.8. The van der Waals surface area contributed by atoms with E-state index in [1.165, 1.54) is 11.8 Å². The van der Waals surface area contributed by atoms with Crippen LogP contribution in [0.2, 0.25) is 0 Å². The number of benzene rings is 1. The second kappa shape index (κ2) is 9.30. The van der Waals surface area contributed by atoms with Crippen LogP contribution in [0, 0.1) is 19.8 Å². The molecule has 0 radical (unpaired) electrons. The molecule has 3 rings (SSSR count). The molecule has 30 heavy (non-hydrogen) atoms. The number of carbonyl (C=O) groups is 2. The molecule has 0 atom stereocenters. The van der Waals surface area contributed by atoms with Gasteiger partial charge in [0.15, 0.2) is 5.17 Å². The second-order valence-corrected chi connectivity index (χ2v) is 8.78. The van der Waals surface area contributed by atoms with E-state index in [9.17, 15) is 9.59 Å². The average molecular weight is 426 g/mol. The van der Waals surface area contributed by atoms with Crippen LogP contribution in [-0.2, 0) is 16.6 Å². The number of carbonyl (C=O) groups excluding carboxylic acids is 2. The lowest BCUT2D eigenvalue weighted by molar-refractivity contribution is -0.122. The van der Waals surface area contributed by atoms with Gasteiger partial charge in [-0.15, -0.1) is 0 Å². The smallest absolute Gasteiger partial charge is 0.278 e. The van der Waals surface area contributed by atoms with E-state index < -0.39 is 0 Å². The van der Waals surface area contributed by atoms with Crippen molar-refractivity contribution in [1.29, 1.82) is 0 Å². The lowest BCUT2D eigenvalue weighted by atomic mass is 10.1. The Morgan fingerprint density at radius 2 is 2.07 bits per heavy atom. The van der Waals surface area contributed by atoms with Crippen molar-refractivity contribution in [3.05, 3.63) is 53.0 Å². The van der Waals surface area contributed by atoms with Gasteiger partial charge in [-0.1, -0.05) is 43.3 Å². The van der Waals surface area contributed by atoms with Crippen LogP contribution in [0.3, 0.4) is 0 Å². The number of nitrogens with zero attached hydrogens (tertiary/aromatic N) is 4. The zero-order valence-electron chi connectivity index (χ0n) is 18.0. The highest BCUT2D eigenvalue weighted by Gasteiger charge is 2.31. The molecule has 0 aliphatic carbocycles. The van der Waals surface area contributed by atoms with Crippen molar-refractivity contribution >= 4 is 40.5 Å². The number of amidine groups is 1. The van der Waals surface area contributed by atoms with Crippen LogP contribution < -0.4 is 5.32 Å². The topological polar surface area (TPSA) is 79.6 Å². The summed E-state index contributed by atoms with van der Waals surface area (Å²) in [6.45, 7) is 8.63. The van der Waals surface area contributed by atoms with Crippen molar-refractivity contribution in [1.82, 2.24) is 14.7 Å². The molecule has 0 bridgehead atoms. The fraction of sp³-hybridized carbons (Fsp3) is 0.364. The van der Waals surface area contributed by atoms with Gasteiger partial charge in [0.1, 0.15) is 5.70 Å². The van der Waals surface area contributed by atoms with Gasteiger partial charge in [-0.3, -0.25) is 19.2 Å². The summed E-state index contributed by atoms with van der Waals surface area (Å²) in [7, 11) is 1.82. The van der Waals surface area contributed by atoms with Crippen LogP contribution in [0.15, 0.2) is 41.3 Å². The summed E-state index contributed by atoms with van der Waals surface area (Å²) >= 11 is 1.28. The summed E-state index contributed by atoms with van der Waals surface area (Å²) in [5.41, 5.74) is 4.14. The molecule has 8 heteroatoms. The van der Waals surface area contributed by atoms with E-state index in [-0.39, 0.29) is 23.5 Å². The van der Waals surface area contributed by atoms with Gasteiger partial charge in [0, 0.05) is 31.0 Å². The summed E-state index contributed by atoms with van der Waals surface area (Å²) in [5, 5.41) is 7.62. The molecule has 1 aliphatic heterocycles. The Hall–Kier alpha value is -2.87. The first kappa shape index (κ1) is 21.8. The minimum atomic E-state index is -0.148. The predicted octanol–water partition coefficient (Wildman–Crippen LogP) is 3.60. The van der Waals surface area contributed by atoms with Gasteiger partial charge < -0.3 is 5.32 Å².